The van der Waals surface area contributed by atoms with Crippen molar-refractivity contribution >= 4 is 29.3 Å². The highest BCUT2D eigenvalue weighted by Gasteiger charge is 2.13. The molecule has 2 aromatic rings. The van der Waals surface area contributed by atoms with Crippen LogP contribution in [-0.4, -0.2) is 31.6 Å². The second kappa shape index (κ2) is 6.76. The molecule has 5 nitrogen and oxygen atoms in total. The summed E-state index contributed by atoms with van der Waals surface area (Å²) in [6, 6.07) is 7.56. The molecule has 0 radical (unpaired) electrons. The number of carboxylic acids is 1. The van der Waals surface area contributed by atoms with E-state index in [0.29, 0.717) is 23.1 Å². The van der Waals surface area contributed by atoms with Crippen molar-refractivity contribution in [3.63, 3.8) is 0 Å². The maximum Gasteiger partial charge on any atom is 0.313 e. The second-order valence-electron chi connectivity index (χ2n) is 4.13. The average molecular weight is 312 g/mol. The fraction of sp³-hybridized carbons (Fsp3) is 0.308. The van der Waals surface area contributed by atoms with E-state index in [2.05, 4.69) is 10.2 Å². The molecule has 0 unspecified atom stereocenters. The predicted molar refractivity (Wildman–Crippen MR) is 78.3 cm³/mol. The molecule has 0 aliphatic heterocycles. The van der Waals surface area contributed by atoms with E-state index in [9.17, 15) is 4.79 Å². The Morgan fingerprint density at radius 1 is 1.35 bits per heavy atom. The Bertz CT molecular complexity index is 598. The monoisotopic (exact) mass is 311 g/mol. The van der Waals surface area contributed by atoms with Crippen LogP contribution in [-0.2, 0) is 17.8 Å². The van der Waals surface area contributed by atoms with Crippen LogP contribution in [0.25, 0.3) is 0 Å². The van der Waals surface area contributed by atoms with Crippen LogP contribution in [0.5, 0.6) is 0 Å². The van der Waals surface area contributed by atoms with E-state index in [1.165, 1.54) is 11.8 Å². The van der Waals surface area contributed by atoms with Crippen molar-refractivity contribution in [1.82, 2.24) is 14.8 Å². The van der Waals surface area contributed by atoms with Gasteiger partial charge in [0.2, 0.25) is 0 Å². The molecule has 0 atom stereocenters. The average Bonchev–Trinajstić information content (AvgIpc) is 2.81. The largest absolute Gasteiger partial charge is 0.481 e. The van der Waals surface area contributed by atoms with E-state index >= 15 is 0 Å². The minimum absolute atomic E-state index is 0.0148. The SMILES string of the molecule is CCn1c(Cc2ccc(Cl)cc2)nnc1SCC(=O)O. The van der Waals surface area contributed by atoms with Crippen LogP contribution in [0.1, 0.15) is 18.3 Å². The summed E-state index contributed by atoms with van der Waals surface area (Å²) in [5.41, 5.74) is 1.09. The highest BCUT2D eigenvalue weighted by atomic mass is 35.5. The van der Waals surface area contributed by atoms with Crippen molar-refractivity contribution in [2.45, 2.75) is 25.0 Å². The number of halogens is 1. The lowest BCUT2D eigenvalue weighted by molar-refractivity contribution is -0.133. The third-order valence-electron chi connectivity index (χ3n) is 2.71. The van der Waals surface area contributed by atoms with Gasteiger partial charge in [0.15, 0.2) is 5.16 Å². The molecule has 2 rings (SSSR count). The molecule has 1 aromatic carbocycles. The lowest BCUT2D eigenvalue weighted by Gasteiger charge is -2.06. The third-order valence-corrected chi connectivity index (χ3v) is 3.91. The topological polar surface area (TPSA) is 68.0 Å². The first kappa shape index (κ1) is 14.9. The van der Waals surface area contributed by atoms with Gasteiger partial charge in [-0.3, -0.25) is 4.79 Å². The molecule has 1 N–H and O–H groups in total. The smallest absolute Gasteiger partial charge is 0.313 e. The van der Waals surface area contributed by atoms with Crippen molar-refractivity contribution in [1.29, 1.82) is 0 Å². The van der Waals surface area contributed by atoms with Crippen LogP contribution in [0, 0.1) is 0 Å². The summed E-state index contributed by atoms with van der Waals surface area (Å²) in [7, 11) is 0. The quantitative estimate of drug-likeness (QED) is 0.831. The zero-order valence-corrected chi connectivity index (χ0v) is 12.5. The Morgan fingerprint density at radius 2 is 2.05 bits per heavy atom. The maximum absolute atomic E-state index is 10.6. The summed E-state index contributed by atoms with van der Waals surface area (Å²) in [5.74, 6) is -0.0540. The number of carboxylic acid groups (broad SMARTS) is 1. The Morgan fingerprint density at radius 3 is 2.65 bits per heavy atom. The van der Waals surface area contributed by atoms with Gasteiger partial charge in [-0.2, -0.15) is 0 Å². The molecule has 0 bridgehead atoms. The molecule has 106 valence electrons. The number of hydrogen-bond acceptors (Lipinski definition) is 4. The minimum Gasteiger partial charge on any atom is -0.481 e. The molecule has 1 heterocycles. The molecule has 0 spiro atoms. The number of nitrogens with zero attached hydrogens (tertiary/aromatic N) is 3. The first-order valence-electron chi connectivity index (χ1n) is 6.11. The van der Waals surface area contributed by atoms with Gasteiger partial charge < -0.3 is 9.67 Å². The number of aromatic nitrogens is 3. The van der Waals surface area contributed by atoms with E-state index in [4.69, 9.17) is 16.7 Å². The molecule has 7 heteroatoms. The lowest BCUT2D eigenvalue weighted by Crippen LogP contribution is -2.05. The maximum atomic E-state index is 10.6. The zero-order chi connectivity index (χ0) is 14.5. The third kappa shape index (κ3) is 3.74. The zero-order valence-electron chi connectivity index (χ0n) is 10.9. The molecule has 0 saturated heterocycles. The molecule has 0 aliphatic rings. The van der Waals surface area contributed by atoms with Crippen LogP contribution < -0.4 is 0 Å². The number of aliphatic carboxylic acids is 1. The van der Waals surface area contributed by atoms with Crippen LogP contribution in [0.15, 0.2) is 29.4 Å². The first-order chi connectivity index (χ1) is 9.60. The van der Waals surface area contributed by atoms with Gasteiger partial charge in [-0.1, -0.05) is 35.5 Å². The summed E-state index contributed by atoms with van der Waals surface area (Å²) in [4.78, 5) is 10.6. The Labute approximate surface area is 126 Å². The van der Waals surface area contributed by atoms with Crippen molar-refractivity contribution in [3.8, 4) is 0 Å². The first-order valence-corrected chi connectivity index (χ1v) is 7.47. The van der Waals surface area contributed by atoms with Gasteiger partial charge in [-0.05, 0) is 24.6 Å². The number of benzene rings is 1. The van der Waals surface area contributed by atoms with E-state index in [-0.39, 0.29) is 5.75 Å². The number of hydrogen-bond donors (Lipinski definition) is 1. The van der Waals surface area contributed by atoms with Crippen LogP contribution in [0.3, 0.4) is 0 Å². The highest BCUT2D eigenvalue weighted by Crippen LogP contribution is 2.19. The van der Waals surface area contributed by atoms with Crippen molar-refractivity contribution in [2.24, 2.45) is 0 Å². The van der Waals surface area contributed by atoms with E-state index in [1.54, 1.807) is 0 Å². The molecular formula is C13H14ClN3O2S. The van der Waals surface area contributed by atoms with Gasteiger partial charge in [0.1, 0.15) is 5.82 Å². The molecule has 0 amide bonds. The van der Waals surface area contributed by atoms with Crippen LogP contribution >= 0.6 is 23.4 Å². The van der Waals surface area contributed by atoms with Crippen LogP contribution in [0.4, 0.5) is 0 Å². The van der Waals surface area contributed by atoms with E-state index in [0.717, 1.165) is 11.4 Å². The van der Waals surface area contributed by atoms with E-state index in [1.807, 2.05) is 35.8 Å². The van der Waals surface area contributed by atoms with Gasteiger partial charge in [0, 0.05) is 18.0 Å². The van der Waals surface area contributed by atoms with Gasteiger partial charge in [-0.15, -0.1) is 10.2 Å². The molecule has 0 aliphatic carbocycles. The van der Waals surface area contributed by atoms with Gasteiger partial charge >= 0.3 is 5.97 Å². The second-order valence-corrected chi connectivity index (χ2v) is 5.51. The predicted octanol–water partition coefficient (Wildman–Crippen LogP) is 2.72. The summed E-state index contributed by atoms with van der Waals surface area (Å²) >= 11 is 7.04. The normalized spacial score (nSPS) is 10.7. The molecule has 20 heavy (non-hydrogen) atoms. The number of carbonyl (C=O) groups is 1. The molecule has 0 fully saturated rings. The summed E-state index contributed by atoms with van der Waals surface area (Å²) in [5, 5.41) is 18.3. The van der Waals surface area contributed by atoms with Crippen molar-refractivity contribution in [3.05, 3.63) is 40.7 Å². The fourth-order valence-corrected chi connectivity index (χ4v) is 2.65. The van der Waals surface area contributed by atoms with Gasteiger partial charge in [0.25, 0.3) is 0 Å². The van der Waals surface area contributed by atoms with E-state index < -0.39 is 5.97 Å². The van der Waals surface area contributed by atoms with Crippen molar-refractivity contribution < 1.29 is 9.90 Å². The fourth-order valence-electron chi connectivity index (χ4n) is 1.79. The number of rotatable bonds is 6. The molecule has 0 saturated carbocycles. The summed E-state index contributed by atoms with van der Waals surface area (Å²) in [6.45, 7) is 2.69. The summed E-state index contributed by atoms with van der Waals surface area (Å²) in [6.07, 6.45) is 0.644. The van der Waals surface area contributed by atoms with Gasteiger partial charge in [0.05, 0.1) is 5.75 Å². The summed E-state index contributed by atoms with van der Waals surface area (Å²) < 4.78 is 1.93. The number of thioether (sulfide) groups is 1. The van der Waals surface area contributed by atoms with Crippen molar-refractivity contribution in [2.75, 3.05) is 5.75 Å². The Hall–Kier alpha value is -1.53. The lowest BCUT2D eigenvalue weighted by atomic mass is 10.1. The standard InChI is InChI=1S/C13H14ClN3O2S/c1-2-17-11(7-9-3-5-10(14)6-4-9)15-16-13(17)20-8-12(18)19/h3-6H,2,7-8H2,1H3,(H,18,19). The highest BCUT2D eigenvalue weighted by molar-refractivity contribution is 7.99. The minimum atomic E-state index is -0.861. The molecule has 1 aromatic heterocycles. The Kier molecular flexibility index (Phi) is 5.03. The Balaban J connectivity index is 2.15. The van der Waals surface area contributed by atoms with Crippen LogP contribution in [0.2, 0.25) is 5.02 Å². The van der Waals surface area contributed by atoms with Gasteiger partial charge in [-0.25, -0.2) is 0 Å². The molecular weight excluding hydrogens is 298 g/mol.